The molecule has 1 N–H and O–H groups in total. The topological polar surface area (TPSA) is 59.2 Å². The number of hydrogen-bond acceptors (Lipinski definition) is 4. The molecule has 0 aliphatic heterocycles. The van der Waals surface area contributed by atoms with E-state index in [-0.39, 0.29) is 12.0 Å². The number of aryl methyl sites for hydroxylation is 2. The van der Waals surface area contributed by atoms with Crippen molar-refractivity contribution in [1.29, 1.82) is 0 Å². The lowest BCUT2D eigenvalue weighted by atomic mass is 9.97. The van der Waals surface area contributed by atoms with Crippen LogP contribution in [0.15, 0.2) is 34.9 Å². The number of aromatic nitrogens is 2. The second-order valence-corrected chi connectivity index (χ2v) is 5.85. The minimum Gasteiger partial charge on any atom is -0.392 e. The van der Waals surface area contributed by atoms with Crippen molar-refractivity contribution in [3.63, 3.8) is 0 Å². The molecule has 2 unspecified atom stereocenters. The predicted octanol–water partition coefficient (Wildman–Crippen LogP) is 3.26. The van der Waals surface area contributed by atoms with Gasteiger partial charge in [-0.15, -0.1) is 0 Å². The molecule has 1 fully saturated rings. The van der Waals surface area contributed by atoms with Crippen LogP contribution < -0.4 is 0 Å². The molecule has 1 aromatic heterocycles. The first kappa shape index (κ1) is 14.3. The van der Waals surface area contributed by atoms with E-state index in [0.29, 0.717) is 5.89 Å². The van der Waals surface area contributed by atoms with Crippen molar-refractivity contribution in [2.45, 2.75) is 57.0 Å². The number of nitrogens with zero attached hydrogens (tertiary/aromatic N) is 2. The van der Waals surface area contributed by atoms with Crippen LogP contribution in [0, 0.1) is 0 Å². The van der Waals surface area contributed by atoms with Crippen molar-refractivity contribution in [3.05, 3.63) is 47.6 Å². The number of aliphatic hydroxyl groups is 1. The summed E-state index contributed by atoms with van der Waals surface area (Å²) < 4.78 is 5.40. The van der Waals surface area contributed by atoms with Gasteiger partial charge in [-0.3, -0.25) is 0 Å². The third-order valence-electron chi connectivity index (χ3n) is 4.26. The molecule has 2 aromatic rings. The molecule has 4 nitrogen and oxygen atoms in total. The third kappa shape index (κ3) is 3.70. The first-order valence-electron chi connectivity index (χ1n) is 7.87. The van der Waals surface area contributed by atoms with E-state index in [1.165, 1.54) is 12.0 Å². The Kier molecular flexibility index (Phi) is 4.65. The van der Waals surface area contributed by atoms with E-state index in [2.05, 4.69) is 22.3 Å². The molecule has 112 valence electrons. The molecule has 0 amide bonds. The van der Waals surface area contributed by atoms with Crippen LogP contribution in [0.2, 0.25) is 0 Å². The van der Waals surface area contributed by atoms with Crippen LogP contribution in [0.3, 0.4) is 0 Å². The van der Waals surface area contributed by atoms with E-state index >= 15 is 0 Å². The fourth-order valence-corrected chi connectivity index (χ4v) is 3.00. The molecule has 0 radical (unpaired) electrons. The Balaban J connectivity index is 1.62. The van der Waals surface area contributed by atoms with E-state index < -0.39 is 0 Å². The number of rotatable bonds is 4. The van der Waals surface area contributed by atoms with Crippen molar-refractivity contribution < 1.29 is 9.63 Å². The Labute approximate surface area is 125 Å². The fourth-order valence-electron chi connectivity index (χ4n) is 3.00. The summed E-state index contributed by atoms with van der Waals surface area (Å²) in [4.78, 5) is 4.50. The molecule has 1 heterocycles. The molecule has 1 saturated carbocycles. The maximum atomic E-state index is 10.2. The highest BCUT2D eigenvalue weighted by Crippen LogP contribution is 2.31. The quantitative estimate of drug-likeness (QED) is 0.876. The van der Waals surface area contributed by atoms with Gasteiger partial charge in [0.25, 0.3) is 0 Å². The number of aliphatic hydroxyl groups excluding tert-OH is 1. The maximum Gasteiger partial charge on any atom is 0.232 e. The zero-order valence-corrected chi connectivity index (χ0v) is 12.2. The van der Waals surface area contributed by atoms with Gasteiger partial charge < -0.3 is 9.63 Å². The predicted molar refractivity (Wildman–Crippen MR) is 80.0 cm³/mol. The number of benzene rings is 1. The van der Waals surface area contributed by atoms with Crippen molar-refractivity contribution in [1.82, 2.24) is 10.1 Å². The highest BCUT2D eigenvalue weighted by atomic mass is 16.5. The van der Waals surface area contributed by atoms with E-state index in [9.17, 15) is 5.11 Å². The minimum atomic E-state index is -0.338. The Morgan fingerprint density at radius 1 is 1.05 bits per heavy atom. The molecule has 2 atom stereocenters. The van der Waals surface area contributed by atoms with Crippen LogP contribution in [0.1, 0.15) is 55.3 Å². The summed E-state index contributed by atoms with van der Waals surface area (Å²) >= 11 is 0. The van der Waals surface area contributed by atoms with Crippen molar-refractivity contribution >= 4 is 0 Å². The van der Waals surface area contributed by atoms with Crippen LogP contribution in [-0.2, 0) is 12.8 Å². The Morgan fingerprint density at radius 2 is 1.86 bits per heavy atom. The molecular formula is C17H22N2O2. The van der Waals surface area contributed by atoms with Gasteiger partial charge >= 0.3 is 0 Å². The van der Waals surface area contributed by atoms with Crippen molar-refractivity contribution in [3.8, 4) is 0 Å². The smallest absolute Gasteiger partial charge is 0.232 e. The molecule has 3 rings (SSSR count). The zero-order chi connectivity index (χ0) is 14.5. The first-order valence-corrected chi connectivity index (χ1v) is 7.87. The fraction of sp³-hybridized carbons (Fsp3) is 0.529. The van der Waals surface area contributed by atoms with E-state index in [4.69, 9.17) is 4.52 Å². The molecule has 1 aromatic carbocycles. The Morgan fingerprint density at radius 3 is 2.71 bits per heavy atom. The van der Waals surface area contributed by atoms with Crippen LogP contribution >= 0.6 is 0 Å². The molecular weight excluding hydrogens is 264 g/mol. The zero-order valence-electron chi connectivity index (χ0n) is 12.2. The van der Waals surface area contributed by atoms with Crippen molar-refractivity contribution in [2.75, 3.05) is 0 Å². The molecule has 21 heavy (non-hydrogen) atoms. The van der Waals surface area contributed by atoms with Gasteiger partial charge in [0.05, 0.1) is 12.0 Å². The summed E-state index contributed by atoms with van der Waals surface area (Å²) in [6.45, 7) is 0. The van der Waals surface area contributed by atoms with E-state index in [1.807, 2.05) is 18.2 Å². The van der Waals surface area contributed by atoms with Crippen molar-refractivity contribution in [2.24, 2.45) is 0 Å². The normalized spacial score (nSPS) is 22.9. The van der Waals surface area contributed by atoms with Gasteiger partial charge in [0.2, 0.25) is 5.89 Å². The second kappa shape index (κ2) is 6.85. The van der Waals surface area contributed by atoms with E-state index in [0.717, 1.165) is 44.3 Å². The molecule has 0 spiro atoms. The van der Waals surface area contributed by atoms with Crippen LogP contribution in [-0.4, -0.2) is 21.4 Å². The Hall–Kier alpha value is -1.68. The molecule has 4 heteroatoms. The maximum absolute atomic E-state index is 10.2. The lowest BCUT2D eigenvalue weighted by molar-refractivity contribution is 0.119. The van der Waals surface area contributed by atoms with Gasteiger partial charge in [-0.25, -0.2) is 0 Å². The molecule has 1 aliphatic carbocycles. The summed E-state index contributed by atoms with van der Waals surface area (Å²) in [6, 6.07) is 10.3. The molecule has 0 saturated heterocycles. The van der Waals surface area contributed by atoms with Gasteiger partial charge in [-0.2, -0.15) is 4.98 Å². The highest BCUT2D eigenvalue weighted by molar-refractivity contribution is 5.15. The Bertz CT molecular complexity index is 553. The summed E-state index contributed by atoms with van der Waals surface area (Å²) in [5.41, 5.74) is 1.28. The highest BCUT2D eigenvalue weighted by Gasteiger charge is 2.28. The number of hydrogen-bond donors (Lipinski definition) is 1. The van der Waals surface area contributed by atoms with Gasteiger partial charge in [0, 0.05) is 6.42 Å². The summed E-state index contributed by atoms with van der Waals surface area (Å²) in [7, 11) is 0. The average Bonchev–Trinajstić information content (AvgIpc) is 2.88. The average molecular weight is 286 g/mol. The van der Waals surface area contributed by atoms with Crippen LogP contribution in [0.5, 0.6) is 0 Å². The van der Waals surface area contributed by atoms with E-state index in [1.54, 1.807) is 0 Å². The lowest BCUT2D eigenvalue weighted by Gasteiger charge is -2.15. The largest absolute Gasteiger partial charge is 0.392 e. The SMILES string of the molecule is OC1CCCCCC1c1nc(CCc2ccccc2)no1. The lowest BCUT2D eigenvalue weighted by Crippen LogP contribution is -2.17. The van der Waals surface area contributed by atoms with Crippen LogP contribution in [0.4, 0.5) is 0 Å². The van der Waals surface area contributed by atoms with Gasteiger partial charge in [-0.1, -0.05) is 54.8 Å². The van der Waals surface area contributed by atoms with Gasteiger partial charge in [-0.05, 0) is 24.8 Å². The monoisotopic (exact) mass is 286 g/mol. The summed E-state index contributed by atoms with van der Waals surface area (Å²) in [6.07, 6.45) is 6.53. The minimum absolute atomic E-state index is 0.0190. The molecule has 1 aliphatic rings. The first-order chi connectivity index (χ1) is 10.3. The third-order valence-corrected chi connectivity index (χ3v) is 4.26. The molecule has 0 bridgehead atoms. The standard InChI is InChI=1S/C17H22N2O2/c20-15-10-6-2-5-9-14(15)17-18-16(19-21-17)12-11-13-7-3-1-4-8-13/h1,3-4,7-8,14-15,20H,2,5-6,9-12H2. The summed E-state index contributed by atoms with van der Waals surface area (Å²) in [5, 5.41) is 14.3. The van der Waals surface area contributed by atoms with Gasteiger partial charge in [0.1, 0.15) is 0 Å². The van der Waals surface area contributed by atoms with Crippen LogP contribution in [0.25, 0.3) is 0 Å². The second-order valence-electron chi connectivity index (χ2n) is 5.85. The van der Waals surface area contributed by atoms with Gasteiger partial charge in [0.15, 0.2) is 5.82 Å². The summed E-state index contributed by atoms with van der Waals surface area (Å²) in [5.74, 6) is 1.38.